The van der Waals surface area contributed by atoms with Crippen molar-refractivity contribution >= 4 is 33.7 Å². The Hall–Kier alpha value is -2.97. The number of carbonyl (C=O) groups is 2. The highest BCUT2D eigenvalue weighted by Gasteiger charge is 2.21. The molecule has 32 heavy (non-hydrogen) atoms. The zero-order valence-corrected chi connectivity index (χ0v) is 19.2. The number of rotatable bonds is 9. The normalized spacial score (nSPS) is 13.3. The fourth-order valence-electron chi connectivity index (χ4n) is 3.66. The minimum absolute atomic E-state index is 0.198. The van der Waals surface area contributed by atoms with Crippen molar-refractivity contribution in [2.45, 2.75) is 38.0 Å². The third kappa shape index (κ3) is 5.83. The molecule has 0 fully saturated rings. The predicted molar refractivity (Wildman–Crippen MR) is 124 cm³/mol. The highest BCUT2D eigenvalue weighted by atomic mass is 32.2. The first-order valence-corrected chi connectivity index (χ1v) is 12.1. The monoisotopic (exact) mass is 456 g/mol. The first-order valence-electron chi connectivity index (χ1n) is 10.7. The quantitative estimate of drug-likeness (QED) is 0.461. The summed E-state index contributed by atoms with van der Waals surface area (Å²) in [6, 6.07) is 12.1. The number of sulfonamides is 1. The molecule has 7 nitrogen and oxygen atoms in total. The number of anilines is 1. The summed E-state index contributed by atoms with van der Waals surface area (Å²) in [5.74, 6) is -1.07. The van der Waals surface area contributed by atoms with Crippen molar-refractivity contribution in [2.24, 2.45) is 0 Å². The first-order chi connectivity index (χ1) is 15.3. The topological polar surface area (TPSA) is 92.8 Å². The molecule has 0 saturated carbocycles. The van der Waals surface area contributed by atoms with Gasteiger partial charge in [0.15, 0.2) is 6.61 Å². The molecule has 0 radical (unpaired) electrons. The van der Waals surface area contributed by atoms with Gasteiger partial charge in [-0.2, -0.15) is 4.31 Å². The summed E-state index contributed by atoms with van der Waals surface area (Å²) in [6.45, 7) is 3.98. The molecule has 0 aromatic heterocycles. The van der Waals surface area contributed by atoms with E-state index in [2.05, 4.69) is 5.32 Å². The van der Waals surface area contributed by atoms with Gasteiger partial charge in [0.2, 0.25) is 10.0 Å². The van der Waals surface area contributed by atoms with Gasteiger partial charge in [-0.3, -0.25) is 4.79 Å². The Bertz CT molecular complexity index is 1100. The molecule has 0 spiro atoms. The van der Waals surface area contributed by atoms with Crippen LogP contribution in [0.25, 0.3) is 6.08 Å². The van der Waals surface area contributed by atoms with Crippen LogP contribution in [0.15, 0.2) is 53.4 Å². The van der Waals surface area contributed by atoms with Crippen LogP contribution >= 0.6 is 0 Å². The van der Waals surface area contributed by atoms with Crippen molar-refractivity contribution in [2.75, 3.05) is 25.0 Å². The predicted octanol–water partition coefficient (Wildman–Crippen LogP) is 3.40. The summed E-state index contributed by atoms with van der Waals surface area (Å²) >= 11 is 0. The van der Waals surface area contributed by atoms with Gasteiger partial charge < -0.3 is 10.1 Å². The van der Waals surface area contributed by atoms with Gasteiger partial charge in [0.05, 0.1) is 4.90 Å². The maximum Gasteiger partial charge on any atom is 0.331 e. The lowest BCUT2D eigenvalue weighted by molar-refractivity contribution is -0.142. The van der Waals surface area contributed by atoms with Crippen molar-refractivity contribution < 1.29 is 22.7 Å². The minimum Gasteiger partial charge on any atom is -0.452 e. The second-order valence-electron chi connectivity index (χ2n) is 7.48. The number of ether oxygens (including phenoxy) is 1. The molecule has 1 N–H and O–H groups in total. The van der Waals surface area contributed by atoms with Gasteiger partial charge in [0, 0.05) is 24.9 Å². The molecule has 3 rings (SSSR count). The molecule has 0 saturated heterocycles. The first kappa shape index (κ1) is 23.7. The summed E-state index contributed by atoms with van der Waals surface area (Å²) in [5, 5.41) is 2.74. The number of hydrogen-bond acceptors (Lipinski definition) is 5. The van der Waals surface area contributed by atoms with E-state index in [1.165, 1.54) is 39.7 Å². The molecule has 2 aromatic rings. The standard InChI is InChI=1S/C24H28N2O5S/c1-3-26(4-2)32(29,30)22-13-8-18(9-14-22)10-15-24(28)31-17-23(27)25-21-12-11-19-6-5-7-20(19)16-21/h8-16H,3-7,17H2,1-2H3,(H,25,27). The van der Waals surface area contributed by atoms with Gasteiger partial charge in [0.1, 0.15) is 0 Å². The van der Waals surface area contributed by atoms with Crippen LogP contribution in [0, 0.1) is 0 Å². The van der Waals surface area contributed by atoms with E-state index in [0.717, 1.165) is 19.3 Å². The molecular formula is C24H28N2O5S. The smallest absolute Gasteiger partial charge is 0.331 e. The Labute approximate surface area is 189 Å². The number of hydrogen-bond donors (Lipinski definition) is 1. The molecule has 1 aliphatic carbocycles. The van der Waals surface area contributed by atoms with E-state index in [1.54, 1.807) is 26.0 Å². The van der Waals surface area contributed by atoms with Crippen LogP contribution in [-0.4, -0.2) is 44.3 Å². The number of nitrogens with zero attached hydrogens (tertiary/aromatic N) is 1. The minimum atomic E-state index is -3.52. The van der Waals surface area contributed by atoms with E-state index in [9.17, 15) is 18.0 Å². The Morgan fingerprint density at radius 2 is 1.72 bits per heavy atom. The van der Waals surface area contributed by atoms with Crippen LogP contribution in [0.4, 0.5) is 5.69 Å². The van der Waals surface area contributed by atoms with E-state index in [-0.39, 0.29) is 11.5 Å². The number of nitrogens with one attached hydrogen (secondary N) is 1. The fourth-order valence-corrected chi connectivity index (χ4v) is 5.12. The number of fused-ring (bicyclic) bond motifs is 1. The van der Waals surface area contributed by atoms with Crippen molar-refractivity contribution in [3.63, 3.8) is 0 Å². The maximum atomic E-state index is 12.5. The lowest BCUT2D eigenvalue weighted by Gasteiger charge is -2.18. The molecular weight excluding hydrogens is 428 g/mol. The molecule has 1 aliphatic rings. The second kappa shape index (κ2) is 10.6. The molecule has 0 aliphatic heterocycles. The molecule has 0 heterocycles. The van der Waals surface area contributed by atoms with Gasteiger partial charge in [-0.05, 0) is 66.3 Å². The fraction of sp³-hybridized carbons (Fsp3) is 0.333. The molecule has 0 bridgehead atoms. The number of carbonyl (C=O) groups excluding carboxylic acids is 2. The molecule has 0 unspecified atom stereocenters. The number of aryl methyl sites for hydroxylation is 2. The van der Waals surface area contributed by atoms with Gasteiger partial charge in [-0.1, -0.05) is 32.0 Å². The van der Waals surface area contributed by atoms with E-state index < -0.39 is 21.9 Å². The zero-order chi connectivity index (χ0) is 23.1. The van der Waals surface area contributed by atoms with Crippen LogP contribution < -0.4 is 5.32 Å². The highest BCUT2D eigenvalue weighted by molar-refractivity contribution is 7.89. The third-order valence-corrected chi connectivity index (χ3v) is 7.43. The second-order valence-corrected chi connectivity index (χ2v) is 9.42. The average molecular weight is 457 g/mol. The van der Waals surface area contributed by atoms with E-state index in [1.807, 2.05) is 18.2 Å². The number of esters is 1. The molecule has 2 aromatic carbocycles. The average Bonchev–Trinajstić information content (AvgIpc) is 3.25. The van der Waals surface area contributed by atoms with E-state index >= 15 is 0 Å². The molecule has 170 valence electrons. The van der Waals surface area contributed by atoms with Gasteiger partial charge in [0.25, 0.3) is 5.91 Å². The van der Waals surface area contributed by atoms with Crippen LogP contribution in [-0.2, 0) is 37.2 Å². The Balaban J connectivity index is 1.50. The third-order valence-electron chi connectivity index (χ3n) is 5.36. The summed E-state index contributed by atoms with van der Waals surface area (Å²) < 4.78 is 31.4. The van der Waals surface area contributed by atoms with Gasteiger partial charge in [-0.25, -0.2) is 13.2 Å². The van der Waals surface area contributed by atoms with Crippen molar-refractivity contribution in [1.29, 1.82) is 0 Å². The van der Waals surface area contributed by atoms with Crippen LogP contribution in [0.2, 0.25) is 0 Å². The highest BCUT2D eigenvalue weighted by Crippen LogP contribution is 2.24. The van der Waals surface area contributed by atoms with Crippen LogP contribution in [0.1, 0.15) is 37.0 Å². The lowest BCUT2D eigenvalue weighted by Crippen LogP contribution is -2.30. The molecule has 8 heteroatoms. The van der Waals surface area contributed by atoms with Crippen LogP contribution in [0.5, 0.6) is 0 Å². The van der Waals surface area contributed by atoms with Crippen LogP contribution in [0.3, 0.4) is 0 Å². The maximum absolute atomic E-state index is 12.5. The van der Waals surface area contributed by atoms with Gasteiger partial charge in [-0.15, -0.1) is 0 Å². The SMILES string of the molecule is CCN(CC)S(=O)(=O)c1ccc(C=CC(=O)OCC(=O)Nc2ccc3c(c2)CCC3)cc1. The Morgan fingerprint density at radius 3 is 2.41 bits per heavy atom. The van der Waals surface area contributed by atoms with Crippen molar-refractivity contribution in [3.05, 3.63) is 65.2 Å². The Morgan fingerprint density at radius 1 is 1.03 bits per heavy atom. The van der Waals surface area contributed by atoms with Crippen molar-refractivity contribution in [3.8, 4) is 0 Å². The van der Waals surface area contributed by atoms with E-state index in [4.69, 9.17) is 4.74 Å². The Kier molecular flexibility index (Phi) is 7.82. The summed E-state index contributed by atoms with van der Waals surface area (Å²) in [5.41, 5.74) is 3.90. The van der Waals surface area contributed by atoms with Crippen molar-refractivity contribution in [1.82, 2.24) is 4.31 Å². The summed E-state index contributed by atoms with van der Waals surface area (Å²) in [7, 11) is -3.52. The summed E-state index contributed by atoms with van der Waals surface area (Å²) in [6.07, 6.45) is 5.93. The molecule has 0 atom stereocenters. The van der Waals surface area contributed by atoms with Gasteiger partial charge >= 0.3 is 5.97 Å². The number of amides is 1. The number of benzene rings is 2. The van der Waals surface area contributed by atoms with E-state index in [0.29, 0.717) is 24.3 Å². The largest absolute Gasteiger partial charge is 0.452 e. The lowest BCUT2D eigenvalue weighted by atomic mass is 10.1. The summed E-state index contributed by atoms with van der Waals surface area (Å²) in [4.78, 5) is 24.2. The molecule has 1 amide bonds. The zero-order valence-electron chi connectivity index (χ0n) is 18.3.